The summed E-state index contributed by atoms with van der Waals surface area (Å²) in [7, 11) is 0.260. The molecule has 0 N–H and O–H groups in total. The molecule has 1 aromatic rings. The van der Waals surface area contributed by atoms with Gasteiger partial charge in [-0.1, -0.05) is 58.3 Å². The smallest absolute Gasteiger partial charge is 0.853 e. The second-order valence-corrected chi connectivity index (χ2v) is 3.75. The molecule has 5 heteroatoms. The number of allylic oxidation sites excluding steroid dienone is 3. The Labute approximate surface area is 192 Å². The minimum absolute atomic E-state index is 0. The number of hydrogen-bond acceptors (Lipinski definition) is 3. The molecule has 0 unspecified atom stereocenters. The SMILES string of the molecule is C/C=C\C(=C/CC)Oc1ccc(B([O-])OC)cc1.CC.CC.[Rb+]. The molecule has 0 aliphatic carbocycles. The van der Waals surface area contributed by atoms with E-state index in [4.69, 9.17) is 9.39 Å². The minimum atomic E-state index is -1.14. The second-order valence-electron chi connectivity index (χ2n) is 3.75. The molecule has 0 aliphatic heterocycles. The van der Waals surface area contributed by atoms with Crippen molar-refractivity contribution in [3.05, 3.63) is 48.3 Å². The summed E-state index contributed by atoms with van der Waals surface area (Å²) in [5.41, 5.74) is 0.594. The molecule has 3 nitrogen and oxygen atoms in total. The van der Waals surface area contributed by atoms with E-state index in [1.807, 2.05) is 52.8 Å². The van der Waals surface area contributed by atoms with Crippen LogP contribution in [0.1, 0.15) is 48.0 Å². The third-order valence-electron chi connectivity index (χ3n) is 2.34. The van der Waals surface area contributed by atoms with E-state index in [1.54, 1.807) is 24.3 Å². The molecule has 1 rings (SSSR count). The predicted molar refractivity (Wildman–Crippen MR) is 95.4 cm³/mol. The third-order valence-corrected chi connectivity index (χ3v) is 2.34. The molecule has 0 saturated heterocycles. The molecule has 0 bridgehead atoms. The largest absolute Gasteiger partial charge is 1.00 e. The van der Waals surface area contributed by atoms with E-state index in [0.717, 1.165) is 12.2 Å². The zero-order chi connectivity index (χ0) is 17.4. The van der Waals surface area contributed by atoms with Crippen LogP contribution in [0, 0.1) is 0 Å². The summed E-state index contributed by atoms with van der Waals surface area (Å²) >= 11 is 0. The fourth-order valence-electron chi connectivity index (χ4n) is 1.47. The molecule has 1 aromatic carbocycles. The Hall–Kier alpha value is 0.290. The molecule has 0 radical (unpaired) electrons. The first-order valence-corrected chi connectivity index (χ1v) is 8.00. The summed E-state index contributed by atoms with van der Waals surface area (Å²) in [4.78, 5) is 0. The van der Waals surface area contributed by atoms with Crippen LogP contribution < -0.4 is 73.4 Å². The van der Waals surface area contributed by atoms with Crippen molar-refractivity contribution in [2.24, 2.45) is 0 Å². The van der Waals surface area contributed by atoms with Crippen molar-refractivity contribution in [3.63, 3.8) is 0 Å². The van der Waals surface area contributed by atoms with Crippen LogP contribution in [0.25, 0.3) is 0 Å². The van der Waals surface area contributed by atoms with Gasteiger partial charge < -0.3 is 14.4 Å². The van der Waals surface area contributed by atoms with E-state index in [0.29, 0.717) is 11.2 Å². The van der Waals surface area contributed by atoms with Crippen LogP contribution in [0.15, 0.2) is 48.3 Å². The summed E-state index contributed by atoms with van der Waals surface area (Å²) in [6.07, 6.45) is 6.74. The second kappa shape index (κ2) is 20.3. The van der Waals surface area contributed by atoms with Crippen molar-refractivity contribution >= 4 is 12.6 Å². The molecule has 0 aliphatic rings. The van der Waals surface area contributed by atoms with Gasteiger partial charge in [0.25, 0.3) is 0 Å². The first-order chi connectivity index (χ1) is 10.7. The zero-order valence-electron chi connectivity index (χ0n) is 16.1. The summed E-state index contributed by atoms with van der Waals surface area (Å²) in [6.45, 7) is 12.0. The van der Waals surface area contributed by atoms with Crippen molar-refractivity contribution < 1.29 is 72.6 Å². The van der Waals surface area contributed by atoms with Crippen LogP contribution in [0.5, 0.6) is 5.75 Å². The van der Waals surface area contributed by atoms with Gasteiger partial charge >= 0.3 is 58.2 Å². The van der Waals surface area contributed by atoms with Gasteiger partial charge in [0.2, 0.25) is 7.12 Å². The van der Waals surface area contributed by atoms with Gasteiger partial charge in [0, 0.05) is 7.11 Å². The minimum Gasteiger partial charge on any atom is -0.853 e. The normalized spacial score (nSPS) is 9.83. The van der Waals surface area contributed by atoms with Gasteiger partial charge in [-0.05, 0) is 37.6 Å². The molecular weight excluding hydrogens is 360 g/mol. The van der Waals surface area contributed by atoms with Crippen LogP contribution in [0.3, 0.4) is 0 Å². The first-order valence-electron chi connectivity index (χ1n) is 8.00. The molecule has 0 amide bonds. The van der Waals surface area contributed by atoms with Gasteiger partial charge in [-0.15, -0.1) is 0 Å². The summed E-state index contributed by atoms with van der Waals surface area (Å²) < 4.78 is 10.4. The average molecular weight is 391 g/mol. The van der Waals surface area contributed by atoms with Gasteiger partial charge in [-0.25, -0.2) is 0 Å². The van der Waals surface area contributed by atoms with Crippen molar-refractivity contribution in [1.29, 1.82) is 0 Å². The van der Waals surface area contributed by atoms with Crippen LogP contribution >= 0.6 is 0 Å². The molecule has 23 heavy (non-hydrogen) atoms. The quantitative estimate of drug-likeness (QED) is 0.408. The summed E-state index contributed by atoms with van der Waals surface area (Å²) in [5, 5.41) is 11.3. The standard InChI is InChI=1S/C14H18BO3.2C2H6.Rb/c1-4-6-13(7-5-2)18-14-10-8-12(9-11-14)15(16)17-3;2*1-2;/h4,6-11H,5H2,1-3H3;2*1-2H3;/q-1;;;+1/b6-4-,13-7+;;;. The number of rotatable bonds is 6. The molecule has 0 saturated carbocycles. The van der Waals surface area contributed by atoms with Gasteiger partial charge in [-0.2, -0.15) is 0 Å². The molecule has 0 atom stereocenters. The topological polar surface area (TPSA) is 41.5 Å². The number of benzene rings is 1. The first kappa shape index (κ1) is 28.1. The van der Waals surface area contributed by atoms with E-state index in [1.165, 1.54) is 7.11 Å². The summed E-state index contributed by atoms with van der Waals surface area (Å²) in [5.74, 6) is 1.51. The maximum Gasteiger partial charge on any atom is 1.00 e. The molecular formula is C18H30BO3Rb. The molecule has 124 valence electrons. The van der Waals surface area contributed by atoms with Crippen molar-refractivity contribution in [2.45, 2.75) is 48.0 Å². The predicted octanol–water partition coefficient (Wildman–Crippen LogP) is 0.694. The van der Waals surface area contributed by atoms with Gasteiger partial charge in [0.05, 0.1) is 0 Å². The van der Waals surface area contributed by atoms with Gasteiger partial charge in [0.1, 0.15) is 11.5 Å². The van der Waals surface area contributed by atoms with Crippen LogP contribution in [0.4, 0.5) is 0 Å². The Morgan fingerprint density at radius 3 is 2.04 bits per heavy atom. The number of ether oxygens (including phenoxy) is 1. The molecule has 0 spiro atoms. The zero-order valence-corrected chi connectivity index (χ0v) is 21.0. The Bertz CT molecular complexity index is 417. The van der Waals surface area contributed by atoms with Crippen LogP contribution in [-0.2, 0) is 4.65 Å². The maximum atomic E-state index is 11.3. The monoisotopic (exact) mass is 390 g/mol. The Kier molecular flexibility index (Phi) is 24.9. The van der Waals surface area contributed by atoms with Crippen LogP contribution in [-0.4, -0.2) is 14.2 Å². The van der Waals surface area contributed by atoms with E-state index >= 15 is 0 Å². The Balaban J connectivity index is -0.000000739. The van der Waals surface area contributed by atoms with Gasteiger partial charge in [0.15, 0.2) is 0 Å². The fourth-order valence-corrected chi connectivity index (χ4v) is 1.47. The van der Waals surface area contributed by atoms with Gasteiger partial charge in [-0.3, -0.25) is 0 Å². The van der Waals surface area contributed by atoms with E-state index in [-0.39, 0.29) is 58.2 Å². The third kappa shape index (κ3) is 13.3. The van der Waals surface area contributed by atoms with Crippen molar-refractivity contribution in [3.8, 4) is 5.75 Å². The van der Waals surface area contributed by atoms with E-state index in [9.17, 15) is 5.02 Å². The fraction of sp³-hybridized carbons (Fsp3) is 0.444. The molecule has 0 fully saturated rings. The van der Waals surface area contributed by atoms with E-state index < -0.39 is 7.12 Å². The van der Waals surface area contributed by atoms with Crippen molar-refractivity contribution in [1.82, 2.24) is 0 Å². The Morgan fingerprint density at radius 2 is 1.65 bits per heavy atom. The summed E-state index contributed by atoms with van der Waals surface area (Å²) in [6, 6.07) is 6.98. The molecule has 0 heterocycles. The molecule has 0 aromatic heterocycles. The average Bonchev–Trinajstić information content (AvgIpc) is 2.59. The van der Waals surface area contributed by atoms with E-state index in [2.05, 4.69) is 6.92 Å². The number of hydrogen-bond donors (Lipinski definition) is 0. The van der Waals surface area contributed by atoms with Crippen LogP contribution in [0.2, 0.25) is 0 Å². The van der Waals surface area contributed by atoms with Crippen molar-refractivity contribution in [2.75, 3.05) is 7.11 Å². The Morgan fingerprint density at radius 1 is 1.13 bits per heavy atom. The maximum absolute atomic E-state index is 11.3.